The highest BCUT2D eigenvalue weighted by atomic mass is 79.9. The lowest BCUT2D eigenvalue weighted by molar-refractivity contribution is -0.141. The van der Waals surface area contributed by atoms with Crippen LogP contribution in [0.3, 0.4) is 0 Å². The Morgan fingerprint density at radius 2 is 1.89 bits per heavy atom. The van der Waals surface area contributed by atoms with Crippen molar-refractivity contribution in [3.8, 4) is 0 Å². The Kier molecular flexibility index (Phi) is 4.17. The minimum atomic E-state index is -0.728. The molecule has 18 heavy (non-hydrogen) atoms. The molecule has 1 N–H and O–H groups in total. The Morgan fingerprint density at radius 3 is 2.44 bits per heavy atom. The van der Waals surface area contributed by atoms with Crippen LogP contribution in [-0.4, -0.2) is 16.9 Å². The number of halogens is 1. The van der Waals surface area contributed by atoms with Gasteiger partial charge in [0.2, 0.25) is 0 Å². The summed E-state index contributed by atoms with van der Waals surface area (Å²) in [5.74, 6) is -0.651. The Labute approximate surface area is 114 Å². The lowest BCUT2D eigenvalue weighted by Gasteiger charge is -2.08. The Balaban J connectivity index is 1.92. The lowest BCUT2D eigenvalue weighted by Crippen LogP contribution is -2.11. The van der Waals surface area contributed by atoms with E-state index in [1.54, 1.807) is 12.1 Å². The number of benzene rings is 1. The van der Waals surface area contributed by atoms with Crippen LogP contribution in [0.25, 0.3) is 0 Å². The molecule has 0 aromatic heterocycles. The molecule has 0 bridgehead atoms. The first kappa shape index (κ1) is 13.3. The number of carboxylic acid groups (broad SMARTS) is 1. The summed E-state index contributed by atoms with van der Waals surface area (Å²) in [5.41, 5.74) is 0.706. The van der Waals surface area contributed by atoms with Crippen molar-refractivity contribution in [2.75, 3.05) is 0 Å². The largest absolute Gasteiger partial charge is 0.481 e. The van der Waals surface area contributed by atoms with Crippen LogP contribution in [-0.2, 0) is 4.79 Å². The van der Waals surface area contributed by atoms with Gasteiger partial charge in [0.15, 0.2) is 5.78 Å². The predicted molar refractivity (Wildman–Crippen MR) is 71.6 cm³/mol. The average Bonchev–Trinajstić information content (AvgIpc) is 2.78. The highest BCUT2D eigenvalue weighted by molar-refractivity contribution is 9.10. The predicted octanol–water partition coefficient (Wildman–Crippen LogP) is 3.52. The van der Waals surface area contributed by atoms with Gasteiger partial charge in [0, 0.05) is 16.5 Å². The fourth-order valence-electron chi connectivity index (χ4n) is 2.50. The first-order valence-corrected chi connectivity index (χ1v) is 6.87. The van der Waals surface area contributed by atoms with Gasteiger partial charge in [-0.15, -0.1) is 0 Å². The van der Waals surface area contributed by atoms with E-state index >= 15 is 0 Å². The van der Waals surface area contributed by atoms with Crippen LogP contribution in [0.5, 0.6) is 0 Å². The van der Waals surface area contributed by atoms with E-state index in [2.05, 4.69) is 15.9 Å². The number of hydrogen-bond acceptors (Lipinski definition) is 2. The molecule has 0 spiro atoms. The zero-order valence-electron chi connectivity index (χ0n) is 9.93. The molecule has 1 fully saturated rings. The minimum Gasteiger partial charge on any atom is -0.481 e. The number of carboxylic acids is 1. The summed E-state index contributed by atoms with van der Waals surface area (Å²) >= 11 is 3.33. The summed E-state index contributed by atoms with van der Waals surface area (Å²) in [6.07, 6.45) is 2.65. The average molecular weight is 311 g/mol. The van der Waals surface area contributed by atoms with Crippen LogP contribution in [0.2, 0.25) is 0 Å². The number of aliphatic carboxylic acids is 1. The van der Waals surface area contributed by atoms with E-state index in [4.69, 9.17) is 5.11 Å². The van der Waals surface area contributed by atoms with E-state index in [9.17, 15) is 9.59 Å². The molecule has 1 aromatic rings. The molecule has 0 amide bonds. The van der Waals surface area contributed by atoms with Crippen molar-refractivity contribution < 1.29 is 14.7 Å². The molecule has 2 atom stereocenters. The zero-order valence-corrected chi connectivity index (χ0v) is 11.5. The van der Waals surface area contributed by atoms with Crippen LogP contribution in [0.4, 0.5) is 0 Å². The van der Waals surface area contributed by atoms with Crippen molar-refractivity contribution in [2.24, 2.45) is 11.8 Å². The van der Waals surface area contributed by atoms with E-state index in [0.717, 1.165) is 10.9 Å². The molecule has 1 aromatic carbocycles. The number of carbonyl (C=O) groups is 2. The van der Waals surface area contributed by atoms with Gasteiger partial charge in [0.25, 0.3) is 0 Å². The molecule has 0 radical (unpaired) electrons. The van der Waals surface area contributed by atoms with Crippen molar-refractivity contribution in [3.63, 3.8) is 0 Å². The third-order valence-corrected chi connectivity index (χ3v) is 4.06. The molecule has 1 aliphatic rings. The first-order valence-electron chi connectivity index (χ1n) is 6.08. The van der Waals surface area contributed by atoms with E-state index in [0.29, 0.717) is 24.8 Å². The molecule has 0 heterocycles. The normalized spacial score (nSPS) is 22.9. The van der Waals surface area contributed by atoms with Crippen molar-refractivity contribution in [1.29, 1.82) is 0 Å². The van der Waals surface area contributed by atoms with Crippen molar-refractivity contribution in [1.82, 2.24) is 0 Å². The van der Waals surface area contributed by atoms with E-state index in [-0.39, 0.29) is 17.6 Å². The lowest BCUT2D eigenvalue weighted by atomic mass is 9.96. The second-order valence-electron chi connectivity index (χ2n) is 4.85. The van der Waals surface area contributed by atoms with Gasteiger partial charge in [0.05, 0.1) is 5.92 Å². The summed E-state index contributed by atoms with van der Waals surface area (Å²) in [7, 11) is 0. The Bertz CT molecular complexity index is 453. The monoisotopic (exact) mass is 310 g/mol. The number of ketones is 1. The van der Waals surface area contributed by atoms with E-state index in [1.165, 1.54) is 0 Å². The standard InChI is InChI=1S/C14H15BrO3/c15-12-5-3-10(4-6-12)13(16)8-9-1-2-11(7-9)14(17)18/h3-6,9,11H,1-2,7-8H2,(H,17,18)/t9-,11+/m0/s1. The Morgan fingerprint density at radius 1 is 1.22 bits per heavy atom. The smallest absolute Gasteiger partial charge is 0.306 e. The fourth-order valence-corrected chi connectivity index (χ4v) is 2.76. The van der Waals surface area contributed by atoms with Crippen molar-refractivity contribution >= 4 is 27.7 Å². The summed E-state index contributed by atoms with van der Waals surface area (Å²) in [5, 5.41) is 8.92. The maximum absolute atomic E-state index is 12.0. The van der Waals surface area contributed by atoms with Crippen LogP contribution < -0.4 is 0 Å². The topological polar surface area (TPSA) is 54.4 Å². The maximum atomic E-state index is 12.0. The van der Waals surface area contributed by atoms with Gasteiger partial charge in [-0.25, -0.2) is 0 Å². The Hall–Kier alpha value is -1.16. The van der Waals surface area contributed by atoms with Gasteiger partial charge in [0.1, 0.15) is 0 Å². The van der Waals surface area contributed by atoms with Crippen molar-refractivity contribution in [3.05, 3.63) is 34.3 Å². The van der Waals surface area contributed by atoms with Gasteiger partial charge in [-0.3, -0.25) is 9.59 Å². The number of Topliss-reactive ketones (excluding diaryl/α,β-unsaturated/α-hetero) is 1. The summed E-state index contributed by atoms with van der Waals surface area (Å²) in [6, 6.07) is 7.30. The molecule has 4 heteroatoms. The summed E-state index contributed by atoms with van der Waals surface area (Å²) < 4.78 is 0.950. The molecule has 2 rings (SSSR count). The maximum Gasteiger partial charge on any atom is 0.306 e. The second kappa shape index (κ2) is 5.65. The molecule has 1 saturated carbocycles. The van der Waals surface area contributed by atoms with Gasteiger partial charge >= 0.3 is 5.97 Å². The summed E-state index contributed by atoms with van der Waals surface area (Å²) in [6.45, 7) is 0. The third kappa shape index (κ3) is 3.19. The van der Waals surface area contributed by atoms with E-state index in [1.807, 2.05) is 12.1 Å². The van der Waals surface area contributed by atoms with Crippen LogP contribution >= 0.6 is 15.9 Å². The number of hydrogen-bond donors (Lipinski definition) is 1. The van der Waals surface area contributed by atoms with Gasteiger partial charge < -0.3 is 5.11 Å². The zero-order chi connectivity index (χ0) is 13.1. The van der Waals surface area contributed by atoms with Gasteiger partial charge in [-0.1, -0.05) is 28.1 Å². The third-order valence-electron chi connectivity index (χ3n) is 3.53. The molecule has 1 aliphatic carbocycles. The molecular weight excluding hydrogens is 296 g/mol. The molecule has 0 saturated heterocycles. The highest BCUT2D eigenvalue weighted by Gasteiger charge is 2.30. The fraction of sp³-hybridized carbons (Fsp3) is 0.429. The van der Waals surface area contributed by atoms with Crippen molar-refractivity contribution in [2.45, 2.75) is 25.7 Å². The number of rotatable bonds is 4. The summed E-state index contributed by atoms with van der Waals surface area (Å²) in [4.78, 5) is 22.9. The SMILES string of the molecule is O=C(C[C@H]1CC[C@@H](C(=O)O)C1)c1ccc(Br)cc1. The molecule has 96 valence electrons. The number of carbonyl (C=O) groups excluding carboxylic acids is 1. The van der Waals surface area contributed by atoms with Crippen LogP contribution in [0.1, 0.15) is 36.0 Å². The molecule has 3 nitrogen and oxygen atoms in total. The van der Waals surface area contributed by atoms with Gasteiger partial charge in [-0.05, 0) is 37.3 Å². The quantitative estimate of drug-likeness (QED) is 0.866. The molecule has 0 aliphatic heterocycles. The van der Waals surface area contributed by atoms with E-state index < -0.39 is 5.97 Å². The highest BCUT2D eigenvalue weighted by Crippen LogP contribution is 2.34. The minimum absolute atomic E-state index is 0.110. The molecular formula is C14H15BrO3. The van der Waals surface area contributed by atoms with Crippen LogP contribution in [0.15, 0.2) is 28.7 Å². The van der Waals surface area contributed by atoms with Crippen LogP contribution in [0, 0.1) is 11.8 Å². The first-order chi connectivity index (χ1) is 8.56. The molecule has 0 unspecified atom stereocenters. The van der Waals surface area contributed by atoms with Gasteiger partial charge in [-0.2, -0.15) is 0 Å². The second-order valence-corrected chi connectivity index (χ2v) is 5.76.